The number of nitrogen functional groups attached to an aromatic ring is 1. The first-order chi connectivity index (χ1) is 16.4. The lowest BCUT2D eigenvalue weighted by atomic mass is 10.1. The van der Waals surface area contributed by atoms with Gasteiger partial charge in [0.05, 0.1) is 12.6 Å². The SMILES string of the molecule is C1CCOC1.CCN(c1nc(-c2cccc(OCC(O)CNC)c2)nc(N)c1C)C(C)COC. The van der Waals surface area contributed by atoms with Crippen LogP contribution in [0.2, 0.25) is 0 Å². The van der Waals surface area contributed by atoms with Crippen LogP contribution in [-0.4, -0.2) is 80.9 Å². The second kappa shape index (κ2) is 14.7. The molecule has 9 nitrogen and oxygen atoms in total. The molecule has 0 saturated carbocycles. The average molecular weight is 476 g/mol. The largest absolute Gasteiger partial charge is 0.491 e. The van der Waals surface area contributed by atoms with Gasteiger partial charge >= 0.3 is 0 Å². The molecule has 1 aliphatic rings. The summed E-state index contributed by atoms with van der Waals surface area (Å²) in [6.07, 6.45) is 1.97. The van der Waals surface area contributed by atoms with Gasteiger partial charge in [0.25, 0.3) is 0 Å². The molecule has 2 unspecified atom stereocenters. The van der Waals surface area contributed by atoms with E-state index in [2.05, 4.69) is 29.0 Å². The Bertz CT molecular complexity index is 856. The first-order valence-electron chi connectivity index (χ1n) is 11.9. The fourth-order valence-corrected chi connectivity index (χ4v) is 3.65. The Hall–Kier alpha value is -2.46. The van der Waals surface area contributed by atoms with Crippen LogP contribution in [0, 0.1) is 6.92 Å². The summed E-state index contributed by atoms with van der Waals surface area (Å²) >= 11 is 0. The molecule has 0 amide bonds. The fraction of sp³-hybridized carbons (Fsp3) is 0.600. The van der Waals surface area contributed by atoms with Crippen molar-refractivity contribution in [2.45, 2.75) is 45.8 Å². The first kappa shape index (κ1) is 27.8. The summed E-state index contributed by atoms with van der Waals surface area (Å²) < 4.78 is 16.0. The van der Waals surface area contributed by atoms with Gasteiger partial charge in [0.15, 0.2) is 5.82 Å². The highest BCUT2D eigenvalue weighted by atomic mass is 16.5. The smallest absolute Gasteiger partial charge is 0.164 e. The molecular formula is C25H41N5O4. The molecule has 34 heavy (non-hydrogen) atoms. The lowest BCUT2D eigenvalue weighted by Crippen LogP contribution is -2.37. The normalized spacial score (nSPS) is 14.8. The van der Waals surface area contributed by atoms with Crippen molar-refractivity contribution >= 4 is 11.6 Å². The molecule has 2 aromatic rings. The van der Waals surface area contributed by atoms with Crippen LogP contribution in [0.3, 0.4) is 0 Å². The first-order valence-corrected chi connectivity index (χ1v) is 11.9. The number of nitrogens with one attached hydrogen (secondary N) is 1. The van der Waals surface area contributed by atoms with Crippen LogP contribution in [0.1, 0.15) is 32.3 Å². The summed E-state index contributed by atoms with van der Waals surface area (Å²) in [7, 11) is 3.48. The quantitative estimate of drug-likeness (QED) is 0.451. The zero-order valence-corrected chi connectivity index (χ0v) is 21.2. The fourth-order valence-electron chi connectivity index (χ4n) is 3.65. The highest BCUT2D eigenvalue weighted by Gasteiger charge is 2.20. The Morgan fingerprint density at radius 3 is 2.56 bits per heavy atom. The molecule has 9 heteroatoms. The number of aliphatic hydroxyl groups is 1. The van der Waals surface area contributed by atoms with Crippen LogP contribution in [0.4, 0.5) is 11.6 Å². The number of anilines is 2. The number of methoxy groups -OCH3 is 1. The molecule has 1 fully saturated rings. The molecule has 2 atom stereocenters. The van der Waals surface area contributed by atoms with Crippen molar-refractivity contribution in [3.63, 3.8) is 0 Å². The summed E-state index contributed by atoms with van der Waals surface area (Å²) in [5, 5.41) is 12.8. The van der Waals surface area contributed by atoms with Crippen molar-refractivity contribution in [3.8, 4) is 17.1 Å². The topological polar surface area (TPSA) is 115 Å². The second-order valence-electron chi connectivity index (χ2n) is 8.34. The maximum absolute atomic E-state index is 9.84. The summed E-state index contributed by atoms with van der Waals surface area (Å²) in [5.74, 6) is 2.42. The van der Waals surface area contributed by atoms with Crippen molar-refractivity contribution < 1.29 is 19.3 Å². The van der Waals surface area contributed by atoms with E-state index in [0.717, 1.165) is 36.7 Å². The maximum atomic E-state index is 9.84. The Morgan fingerprint density at radius 1 is 1.24 bits per heavy atom. The molecule has 2 heterocycles. The van der Waals surface area contributed by atoms with E-state index in [1.165, 1.54) is 12.8 Å². The maximum Gasteiger partial charge on any atom is 0.164 e. The molecule has 190 valence electrons. The third-order valence-corrected chi connectivity index (χ3v) is 5.51. The van der Waals surface area contributed by atoms with E-state index in [-0.39, 0.29) is 12.6 Å². The van der Waals surface area contributed by atoms with E-state index in [0.29, 0.717) is 30.5 Å². The molecule has 1 aliphatic heterocycles. The molecular weight excluding hydrogens is 434 g/mol. The van der Waals surface area contributed by atoms with Gasteiger partial charge in [0.1, 0.15) is 30.1 Å². The number of nitrogens with zero attached hydrogens (tertiary/aromatic N) is 3. The monoisotopic (exact) mass is 475 g/mol. The van der Waals surface area contributed by atoms with Crippen LogP contribution >= 0.6 is 0 Å². The van der Waals surface area contributed by atoms with E-state index >= 15 is 0 Å². The standard InChI is InChI=1S/C21H33N5O3.C4H8O/c1-6-26(14(2)12-28-5)21-15(3)19(22)24-20(25-21)16-8-7-9-18(10-16)29-13-17(27)11-23-4;1-2-4-5-3-1/h7-10,14,17,23,27H,6,11-13H2,1-5H3,(H2,22,24,25);1-4H2. The number of hydrogen-bond acceptors (Lipinski definition) is 9. The number of hydrogen-bond donors (Lipinski definition) is 3. The highest BCUT2D eigenvalue weighted by molar-refractivity contribution is 5.66. The van der Waals surface area contributed by atoms with Gasteiger partial charge in [-0.15, -0.1) is 0 Å². The number of aromatic nitrogens is 2. The molecule has 4 N–H and O–H groups in total. The molecule has 0 aliphatic carbocycles. The van der Waals surface area contributed by atoms with Crippen LogP contribution < -0.4 is 20.7 Å². The van der Waals surface area contributed by atoms with Gasteiger partial charge in [0.2, 0.25) is 0 Å². The molecule has 1 aromatic carbocycles. The van der Waals surface area contributed by atoms with Crippen molar-refractivity contribution in [2.24, 2.45) is 0 Å². The molecule has 0 spiro atoms. The Balaban J connectivity index is 0.000000720. The minimum Gasteiger partial charge on any atom is -0.491 e. The minimum absolute atomic E-state index is 0.147. The zero-order valence-electron chi connectivity index (χ0n) is 21.2. The number of rotatable bonds is 11. The van der Waals surface area contributed by atoms with E-state index < -0.39 is 6.10 Å². The number of nitrogens with two attached hydrogens (primary N) is 1. The van der Waals surface area contributed by atoms with Crippen LogP contribution in [0.25, 0.3) is 11.4 Å². The zero-order chi connectivity index (χ0) is 24.9. The highest BCUT2D eigenvalue weighted by Crippen LogP contribution is 2.29. The number of aliphatic hydroxyl groups excluding tert-OH is 1. The van der Waals surface area contributed by atoms with E-state index in [1.807, 2.05) is 31.2 Å². The van der Waals surface area contributed by atoms with Gasteiger partial charge in [0, 0.05) is 44.5 Å². The van der Waals surface area contributed by atoms with Crippen LogP contribution in [0.5, 0.6) is 5.75 Å². The van der Waals surface area contributed by atoms with Gasteiger partial charge in [-0.25, -0.2) is 9.97 Å². The van der Waals surface area contributed by atoms with E-state index in [9.17, 15) is 5.11 Å². The number of benzene rings is 1. The summed E-state index contributed by atoms with van der Waals surface area (Å²) in [6.45, 7) is 10.1. The molecule has 1 aromatic heterocycles. The Labute approximate surface area is 203 Å². The molecule has 1 saturated heterocycles. The third-order valence-electron chi connectivity index (χ3n) is 5.51. The van der Waals surface area contributed by atoms with Crippen molar-refractivity contribution in [1.82, 2.24) is 15.3 Å². The summed E-state index contributed by atoms with van der Waals surface area (Å²) in [5.41, 5.74) is 7.86. The van der Waals surface area contributed by atoms with Gasteiger partial charge in [-0.3, -0.25) is 0 Å². The van der Waals surface area contributed by atoms with E-state index in [1.54, 1.807) is 14.2 Å². The van der Waals surface area contributed by atoms with Crippen molar-refractivity contribution in [2.75, 3.05) is 64.3 Å². The predicted molar refractivity (Wildman–Crippen MR) is 136 cm³/mol. The molecule has 0 bridgehead atoms. The minimum atomic E-state index is -0.582. The van der Waals surface area contributed by atoms with Crippen LogP contribution in [-0.2, 0) is 9.47 Å². The summed E-state index contributed by atoms with van der Waals surface area (Å²) in [4.78, 5) is 11.5. The molecule has 0 radical (unpaired) electrons. The second-order valence-corrected chi connectivity index (χ2v) is 8.34. The molecule has 3 rings (SSSR count). The van der Waals surface area contributed by atoms with Crippen molar-refractivity contribution in [1.29, 1.82) is 0 Å². The average Bonchev–Trinajstić information content (AvgIpc) is 3.42. The number of ether oxygens (including phenoxy) is 3. The summed E-state index contributed by atoms with van der Waals surface area (Å²) in [6, 6.07) is 7.63. The van der Waals surface area contributed by atoms with E-state index in [4.69, 9.17) is 24.9 Å². The third kappa shape index (κ3) is 8.39. The van der Waals surface area contributed by atoms with Crippen molar-refractivity contribution in [3.05, 3.63) is 29.8 Å². The van der Waals surface area contributed by atoms with Gasteiger partial charge in [-0.2, -0.15) is 0 Å². The number of likely N-dealkylation sites (N-methyl/N-ethyl adjacent to an activating group) is 2. The lowest BCUT2D eigenvalue weighted by molar-refractivity contribution is 0.108. The van der Waals surface area contributed by atoms with Gasteiger partial charge in [-0.05, 0) is 52.8 Å². The van der Waals surface area contributed by atoms with Gasteiger partial charge in [-0.1, -0.05) is 12.1 Å². The predicted octanol–water partition coefficient (Wildman–Crippen LogP) is 2.65. The Morgan fingerprint density at radius 2 is 1.97 bits per heavy atom. The Kier molecular flexibility index (Phi) is 12.0. The van der Waals surface area contributed by atoms with Crippen LogP contribution in [0.15, 0.2) is 24.3 Å². The van der Waals surface area contributed by atoms with Gasteiger partial charge < -0.3 is 35.3 Å². The lowest BCUT2D eigenvalue weighted by Gasteiger charge is -2.30.